The first kappa shape index (κ1) is 14.8. The minimum absolute atomic E-state index is 0.0201. The van der Waals surface area contributed by atoms with E-state index in [1.165, 1.54) is 0 Å². The van der Waals surface area contributed by atoms with Crippen molar-refractivity contribution in [2.45, 2.75) is 76.6 Å². The Balaban J connectivity index is 1.87. The summed E-state index contributed by atoms with van der Waals surface area (Å²) in [5, 5.41) is 2.98. The van der Waals surface area contributed by atoms with Crippen molar-refractivity contribution in [3.63, 3.8) is 0 Å². The average Bonchev–Trinajstić information content (AvgIpc) is 3.20. The van der Waals surface area contributed by atoms with Gasteiger partial charge in [0.2, 0.25) is 11.8 Å². The second-order valence-corrected chi connectivity index (χ2v) is 7.61. The molecule has 2 heterocycles. The highest BCUT2D eigenvalue weighted by Gasteiger charge is 2.56. The first-order valence-corrected chi connectivity index (χ1v) is 8.03. The number of hydrogen-bond acceptors (Lipinski definition) is 3. The molecule has 0 aromatic rings. The summed E-state index contributed by atoms with van der Waals surface area (Å²) >= 11 is 0. The van der Waals surface area contributed by atoms with E-state index in [0.29, 0.717) is 12.5 Å². The number of hydrogen-bond donors (Lipinski definition) is 1. The first-order valence-electron chi connectivity index (χ1n) is 8.03. The fraction of sp³-hybridized carbons (Fsp3) is 0.875. The minimum atomic E-state index is -0.702. The molecule has 0 spiro atoms. The van der Waals surface area contributed by atoms with Gasteiger partial charge in [-0.2, -0.15) is 0 Å². The number of carbonyl (C=O) groups excluding carboxylic acids is 2. The summed E-state index contributed by atoms with van der Waals surface area (Å²) in [5.74, 6) is 0.380. The second kappa shape index (κ2) is 4.70. The van der Waals surface area contributed by atoms with Gasteiger partial charge in [0.25, 0.3) is 0 Å². The number of amides is 2. The zero-order valence-corrected chi connectivity index (χ0v) is 13.4. The van der Waals surface area contributed by atoms with Gasteiger partial charge in [0.05, 0.1) is 5.60 Å². The van der Waals surface area contributed by atoms with E-state index >= 15 is 0 Å². The van der Waals surface area contributed by atoms with E-state index in [2.05, 4.69) is 19.2 Å². The molecule has 5 nitrogen and oxygen atoms in total. The van der Waals surface area contributed by atoms with E-state index in [0.717, 1.165) is 25.7 Å². The Morgan fingerprint density at radius 3 is 2.43 bits per heavy atom. The maximum Gasteiger partial charge on any atom is 0.249 e. The molecule has 3 unspecified atom stereocenters. The molecule has 1 saturated carbocycles. The van der Waals surface area contributed by atoms with Crippen LogP contribution in [-0.2, 0) is 14.3 Å². The molecule has 5 heteroatoms. The van der Waals surface area contributed by atoms with Crippen LogP contribution in [0.4, 0.5) is 0 Å². The zero-order valence-electron chi connectivity index (χ0n) is 13.4. The number of ether oxygens (including phenoxy) is 1. The molecule has 3 atom stereocenters. The SMILES string of the molecule is CC1C(=O)NC(C)(C2CC2)C(=O)N1C1CCOC(C)(C)C1. The lowest BCUT2D eigenvalue weighted by Gasteiger charge is -2.49. The van der Waals surface area contributed by atoms with E-state index in [4.69, 9.17) is 4.74 Å². The average molecular weight is 294 g/mol. The largest absolute Gasteiger partial charge is 0.375 e. The Bertz CT molecular complexity index is 472. The van der Waals surface area contributed by atoms with Crippen LogP contribution in [-0.4, -0.2) is 46.5 Å². The van der Waals surface area contributed by atoms with Crippen LogP contribution in [0.2, 0.25) is 0 Å². The van der Waals surface area contributed by atoms with Crippen LogP contribution in [0.25, 0.3) is 0 Å². The van der Waals surface area contributed by atoms with E-state index in [9.17, 15) is 9.59 Å². The Hall–Kier alpha value is -1.10. The van der Waals surface area contributed by atoms with Crippen molar-refractivity contribution in [3.8, 4) is 0 Å². The molecule has 2 aliphatic heterocycles. The molecular weight excluding hydrogens is 268 g/mol. The quantitative estimate of drug-likeness (QED) is 0.839. The molecule has 3 fully saturated rings. The van der Waals surface area contributed by atoms with Crippen molar-refractivity contribution < 1.29 is 14.3 Å². The maximum atomic E-state index is 13.1. The molecule has 0 aromatic heterocycles. The van der Waals surface area contributed by atoms with Gasteiger partial charge in [-0.25, -0.2) is 0 Å². The summed E-state index contributed by atoms with van der Waals surface area (Å²) < 4.78 is 5.76. The molecule has 1 aliphatic carbocycles. The maximum absolute atomic E-state index is 13.1. The van der Waals surface area contributed by atoms with Gasteiger partial charge < -0.3 is 15.0 Å². The van der Waals surface area contributed by atoms with Crippen molar-refractivity contribution in [2.75, 3.05) is 6.61 Å². The second-order valence-electron chi connectivity index (χ2n) is 7.61. The van der Waals surface area contributed by atoms with Crippen molar-refractivity contribution in [3.05, 3.63) is 0 Å². The smallest absolute Gasteiger partial charge is 0.249 e. The molecular formula is C16H26N2O3. The van der Waals surface area contributed by atoms with Crippen LogP contribution < -0.4 is 5.32 Å². The molecule has 0 aromatic carbocycles. The predicted octanol–water partition coefficient (Wildman–Crippen LogP) is 1.46. The minimum Gasteiger partial charge on any atom is -0.375 e. The van der Waals surface area contributed by atoms with Crippen LogP contribution >= 0.6 is 0 Å². The highest BCUT2D eigenvalue weighted by molar-refractivity contribution is 6.00. The van der Waals surface area contributed by atoms with E-state index < -0.39 is 5.54 Å². The first-order chi connectivity index (χ1) is 9.74. The van der Waals surface area contributed by atoms with E-state index in [-0.39, 0.29) is 29.5 Å². The fourth-order valence-electron chi connectivity index (χ4n) is 3.84. The van der Waals surface area contributed by atoms with Crippen molar-refractivity contribution in [2.24, 2.45) is 5.92 Å². The lowest BCUT2D eigenvalue weighted by molar-refractivity contribution is -0.163. The topological polar surface area (TPSA) is 58.6 Å². The third kappa shape index (κ3) is 2.45. The summed E-state index contributed by atoms with van der Waals surface area (Å²) in [6, 6.07) is -0.288. The molecule has 3 aliphatic rings. The van der Waals surface area contributed by atoms with Crippen LogP contribution in [0.15, 0.2) is 0 Å². The van der Waals surface area contributed by atoms with Crippen LogP contribution in [0.3, 0.4) is 0 Å². The molecule has 0 radical (unpaired) electrons. The van der Waals surface area contributed by atoms with Gasteiger partial charge in [0.15, 0.2) is 0 Å². The van der Waals surface area contributed by atoms with Crippen molar-refractivity contribution in [1.82, 2.24) is 10.2 Å². The monoisotopic (exact) mass is 294 g/mol. The zero-order chi connectivity index (χ0) is 15.4. The van der Waals surface area contributed by atoms with Crippen molar-refractivity contribution in [1.29, 1.82) is 0 Å². The number of nitrogens with one attached hydrogen (secondary N) is 1. The highest BCUT2D eigenvalue weighted by Crippen LogP contribution is 2.43. The highest BCUT2D eigenvalue weighted by atomic mass is 16.5. The van der Waals surface area contributed by atoms with Crippen LogP contribution in [0.1, 0.15) is 53.4 Å². The summed E-state index contributed by atoms with van der Waals surface area (Å²) in [6.07, 6.45) is 3.67. The lowest BCUT2D eigenvalue weighted by atomic mass is 9.85. The van der Waals surface area contributed by atoms with Gasteiger partial charge in [-0.3, -0.25) is 9.59 Å². The van der Waals surface area contributed by atoms with E-state index in [1.807, 2.05) is 18.7 Å². The molecule has 3 rings (SSSR count). The Kier molecular flexibility index (Phi) is 3.32. The normalized spacial score (nSPS) is 40.1. The number of piperazine rings is 1. The summed E-state index contributed by atoms with van der Waals surface area (Å²) in [6.45, 7) is 8.49. The molecule has 118 valence electrons. The van der Waals surface area contributed by atoms with Gasteiger partial charge in [0, 0.05) is 12.6 Å². The van der Waals surface area contributed by atoms with Crippen molar-refractivity contribution >= 4 is 11.8 Å². The van der Waals surface area contributed by atoms with Gasteiger partial charge >= 0.3 is 0 Å². The Labute approximate surface area is 126 Å². The van der Waals surface area contributed by atoms with Gasteiger partial charge in [-0.15, -0.1) is 0 Å². The molecule has 2 amide bonds. The molecule has 1 N–H and O–H groups in total. The fourth-order valence-corrected chi connectivity index (χ4v) is 3.84. The number of rotatable bonds is 2. The van der Waals surface area contributed by atoms with Gasteiger partial charge in [-0.05, 0) is 59.3 Å². The molecule has 21 heavy (non-hydrogen) atoms. The third-order valence-electron chi connectivity index (χ3n) is 5.32. The Morgan fingerprint density at radius 2 is 1.86 bits per heavy atom. The number of carbonyl (C=O) groups is 2. The molecule has 2 saturated heterocycles. The standard InChI is InChI=1S/C16H26N2O3/c1-10-13(19)17-16(4,11-5-6-11)14(20)18(10)12-7-8-21-15(2,3)9-12/h10-12H,5-9H2,1-4H3,(H,17,19). The number of nitrogens with zero attached hydrogens (tertiary/aromatic N) is 1. The third-order valence-corrected chi connectivity index (χ3v) is 5.32. The lowest BCUT2D eigenvalue weighted by Crippen LogP contribution is -2.72. The van der Waals surface area contributed by atoms with Crippen LogP contribution in [0.5, 0.6) is 0 Å². The summed E-state index contributed by atoms with van der Waals surface area (Å²) in [5.41, 5.74) is -0.932. The van der Waals surface area contributed by atoms with Crippen LogP contribution in [0, 0.1) is 5.92 Å². The van der Waals surface area contributed by atoms with E-state index in [1.54, 1.807) is 0 Å². The molecule has 0 bridgehead atoms. The summed E-state index contributed by atoms with van der Waals surface area (Å²) in [7, 11) is 0. The van der Waals surface area contributed by atoms with Gasteiger partial charge in [-0.1, -0.05) is 0 Å². The summed E-state index contributed by atoms with van der Waals surface area (Å²) in [4.78, 5) is 27.3. The Morgan fingerprint density at radius 1 is 1.19 bits per heavy atom. The predicted molar refractivity (Wildman–Crippen MR) is 78.6 cm³/mol. The van der Waals surface area contributed by atoms with Gasteiger partial charge in [0.1, 0.15) is 11.6 Å².